The Bertz CT molecular complexity index is 845. The van der Waals surface area contributed by atoms with Gasteiger partial charge in [0.05, 0.1) is 17.3 Å². The molecule has 0 bridgehead atoms. The lowest BCUT2D eigenvalue weighted by atomic mass is 9.95. The number of halogens is 2. The summed E-state index contributed by atoms with van der Waals surface area (Å²) in [5.41, 5.74) is 5.97. The number of rotatable bonds is 5. The second-order valence-electron chi connectivity index (χ2n) is 5.75. The predicted molar refractivity (Wildman–Crippen MR) is 90.9 cm³/mol. The molecule has 0 radical (unpaired) electrons. The van der Waals surface area contributed by atoms with E-state index in [0.717, 1.165) is 30.7 Å². The van der Waals surface area contributed by atoms with Gasteiger partial charge in [0.2, 0.25) is 5.95 Å². The Labute approximate surface area is 143 Å². The molecule has 7 heteroatoms. The second kappa shape index (κ2) is 6.80. The summed E-state index contributed by atoms with van der Waals surface area (Å²) in [5, 5.41) is 2.54. The van der Waals surface area contributed by atoms with E-state index in [1.807, 2.05) is 30.3 Å². The summed E-state index contributed by atoms with van der Waals surface area (Å²) in [5.74, 6) is -1.84. The molecule has 25 heavy (non-hydrogen) atoms. The molecule has 1 amide bonds. The van der Waals surface area contributed by atoms with E-state index in [9.17, 15) is 13.6 Å². The Kier molecular flexibility index (Phi) is 4.56. The zero-order valence-corrected chi connectivity index (χ0v) is 13.2. The van der Waals surface area contributed by atoms with Gasteiger partial charge in [-0.05, 0) is 24.5 Å². The van der Waals surface area contributed by atoms with E-state index < -0.39 is 17.2 Å². The van der Waals surface area contributed by atoms with Gasteiger partial charge in [-0.2, -0.15) is 9.38 Å². The summed E-state index contributed by atoms with van der Waals surface area (Å²) in [4.78, 5) is 19.5. The first-order chi connectivity index (χ1) is 12.0. The zero-order chi connectivity index (χ0) is 17.9. The average molecular weight is 342 g/mol. The molecule has 1 aromatic heterocycles. The lowest BCUT2D eigenvalue weighted by Gasteiger charge is -2.11. The molecule has 3 N–H and O–H groups in total. The van der Waals surface area contributed by atoms with Gasteiger partial charge >= 0.3 is 0 Å². The molecule has 1 heterocycles. The minimum atomic E-state index is -0.812. The monoisotopic (exact) mass is 342 g/mol. The third kappa shape index (κ3) is 3.71. The molecule has 2 aromatic rings. The molecular weight excluding hydrogens is 326 g/mol. The minimum absolute atomic E-state index is 0.0188. The van der Waals surface area contributed by atoms with Crippen molar-refractivity contribution in [2.45, 2.75) is 18.3 Å². The zero-order valence-electron chi connectivity index (χ0n) is 13.2. The van der Waals surface area contributed by atoms with E-state index >= 15 is 0 Å². The van der Waals surface area contributed by atoms with Crippen molar-refractivity contribution in [3.63, 3.8) is 0 Å². The van der Waals surface area contributed by atoms with E-state index in [0.29, 0.717) is 0 Å². The highest BCUT2D eigenvalue weighted by molar-refractivity contribution is 6.04. The number of aromatic nitrogens is 1. The summed E-state index contributed by atoms with van der Waals surface area (Å²) < 4.78 is 26.4. The van der Waals surface area contributed by atoms with Crippen LogP contribution in [0.2, 0.25) is 0 Å². The van der Waals surface area contributed by atoms with Gasteiger partial charge < -0.3 is 11.1 Å². The molecule has 128 valence electrons. The van der Waals surface area contributed by atoms with Crippen LogP contribution < -0.4 is 11.1 Å². The van der Waals surface area contributed by atoms with Crippen LogP contribution in [0.25, 0.3) is 0 Å². The molecule has 1 saturated carbocycles. The smallest absolute Gasteiger partial charge is 0.258 e. The number of anilines is 1. The highest BCUT2D eigenvalue weighted by Gasteiger charge is 2.51. The molecule has 0 spiro atoms. The van der Waals surface area contributed by atoms with E-state index in [1.165, 1.54) is 12.3 Å². The largest absolute Gasteiger partial charge is 0.384 e. The maximum Gasteiger partial charge on any atom is 0.258 e. The fraction of sp³-hybridized carbons (Fsp3) is 0.167. The lowest BCUT2D eigenvalue weighted by molar-refractivity contribution is -0.120. The Morgan fingerprint density at radius 2 is 2.00 bits per heavy atom. The average Bonchev–Trinajstić information content (AvgIpc) is 3.41. The van der Waals surface area contributed by atoms with Crippen molar-refractivity contribution in [1.82, 2.24) is 4.98 Å². The number of aliphatic imine (C=N–C) groups is 1. The number of amides is 1. The molecule has 3 rings (SSSR count). The molecule has 1 fully saturated rings. The van der Waals surface area contributed by atoms with Crippen LogP contribution in [0.15, 0.2) is 59.9 Å². The molecule has 1 aliphatic rings. The van der Waals surface area contributed by atoms with Gasteiger partial charge in [0, 0.05) is 12.3 Å². The van der Waals surface area contributed by atoms with Gasteiger partial charge in [-0.1, -0.05) is 30.3 Å². The van der Waals surface area contributed by atoms with E-state index in [1.54, 1.807) is 0 Å². The van der Waals surface area contributed by atoms with Crippen molar-refractivity contribution in [3.8, 4) is 0 Å². The maximum absolute atomic E-state index is 13.4. The molecule has 1 aliphatic carbocycles. The number of hydrogen-bond donors (Lipinski definition) is 2. The first kappa shape index (κ1) is 16.8. The van der Waals surface area contributed by atoms with E-state index in [2.05, 4.69) is 15.3 Å². The summed E-state index contributed by atoms with van der Waals surface area (Å²) in [7, 11) is 0. The van der Waals surface area contributed by atoms with E-state index in [4.69, 9.17) is 5.73 Å². The van der Waals surface area contributed by atoms with Crippen LogP contribution >= 0.6 is 0 Å². The summed E-state index contributed by atoms with van der Waals surface area (Å²) in [6, 6.07) is 10.3. The van der Waals surface area contributed by atoms with Crippen molar-refractivity contribution in [2.24, 2.45) is 10.7 Å². The number of benzene rings is 1. The number of carbonyl (C=O) groups is 1. The number of hydrogen-bond acceptors (Lipinski definition) is 3. The van der Waals surface area contributed by atoms with Crippen LogP contribution in [-0.2, 0) is 10.2 Å². The van der Waals surface area contributed by atoms with Crippen LogP contribution in [-0.4, -0.2) is 16.7 Å². The molecule has 0 atom stereocenters. The van der Waals surface area contributed by atoms with Crippen molar-refractivity contribution in [3.05, 3.63) is 72.2 Å². The Morgan fingerprint density at radius 3 is 2.68 bits per heavy atom. The third-order valence-corrected chi connectivity index (χ3v) is 4.03. The van der Waals surface area contributed by atoms with Gasteiger partial charge in [0.15, 0.2) is 5.82 Å². The second-order valence-corrected chi connectivity index (χ2v) is 5.75. The van der Waals surface area contributed by atoms with Gasteiger partial charge in [-0.3, -0.25) is 4.79 Å². The van der Waals surface area contributed by atoms with E-state index in [-0.39, 0.29) is 17.4 Å². The number of amidine groups is 1. The topological polar surface area (TPSA) is 80.4 Å². The molecule has 0 aliphatic heterocycles. The van der Waals surface area contributed by atoms with Crippen LogP contribution in [0.5, 0.6) is 0 Å². The number of nitrogens with two attached hydrogens (primary N) is 1. The quantitative estimate of drug-likeness (QED) is 0.497. The number of pyridine rings is 1. The first-order valence-corrected chi connectivity index (χ1v) is 7.69. The first-order valence-electron chi connectivity index (χ1n) is 7.69. The molecule has 0 saturated heterocycles. The van der Waals surface area contributed by atoms with Crippen LogP contribution in [0.1, 0.15) is 18.4 Å². The molecule has 0 unspecified atom stereocenters. The van der Waals surface area contributed by atoms with Crippen LogP contribution in [0.3, 0.4) is 0 Å². The Morgan fingerprint density at radius 1 is 1.28 bits per heavy atom. The van der Waals surface area contributed by atoms with Gasteiger partial charge in [0.25, 0.3) is 5.91 Å². The highest BCUT2D eigenvalue weighted by Crippen LogP contribution is 2.49. The highest BCUT2D eigenvalue weighted by atomic mass is 19.1. The van der Waals surface area contributed by atoms with Gasteiger partial charge in [0.1, 0.15) is 5.84 Å². The summed E-state index contributed by atoms with van der Waals surface area (Å²) in [6.07, 6.45) is 4.83. The maximum atomic E-state index is 13.4. The number of nitrogens with zero attached hydrogens (tertiary/aromatic N) is 2. The molecule has 1 aromatic carbocycles. The number of nitrogens with one attached hydrogen (secondary N) is 1. The summed E-state index contributed by atoms with van der Waals surface area (Å²) in [6.45, 7) is 0. The molecular formula is C18H16F2N4O. The Hall–Kier alpha value is -3.09. The van der Waals surface area contributed by atoms with Crippen molar-refractivity contribution in [1.29, 1.82) is 0 Å². The van der Waals surface area contributed by atoms with Crippen LogP contribution in [0, 0.1) is 11.8 Å². The predicted octanol–water partition coefficient (Wildman–Crippen LogP) is 2.90. The Balaban J connectivity index is 1.67. The SMILES string of the molecule is NC(/C=C\Nc1cc(F)ncc1F)=NC(=O)C1(c2ccccc2)CC1. The van der Waals surface area contributed by atoms with Crippen molar-refractivity contribution in [2.75, 3.05) is 5.32 Å². The minimum Gasteiger partial charge on any atom is -0.384 e. The lowest BCUT2D eigenvalue weighted by Crippen LogP contribution is -2.22. The van der Waals surface area contributed by atoms with Gasteiger partial charge in [-0.15, -0.1) is 0 Å². The van der Waals surface area contributed by atoms with Crippen molar-refractivity contribution >= 4 is 17.4 Å². The standard InChI is InChI=1S/C18H16F2N4O/c19-13-11-23-15(20)10-14(13)22-9-6-16(21)24-17(25)18(7-8-18)12-4-2-1-3-5-12/h1-6,9-11H,7-8H2,(H,22,23)(H2,21,24,25)/b9-6-. The van der Waals surface area contributed by atoms with Crippen molar-refractivity contribution < 1.29 is 13.6 Å². The van der Waals surface area contributed by atoms with Crippen LogP contribution in [0.4, 0.5) is 14.5 Å². The summed E-state index contributed by atoms with van der Waals surface area (Å²) >= 11 is 0. The molecule has 5 nitrogen and oxygen atoms in total. The fourth-order valence-electron chi connectivity index (χ4n) is 2.51. The third-order valence-electron chi connectivity index (χ3n) is 4.03. The fourth-order valence-corrected chi connectivity index (χ4v) is 2.51. The number of carbonyl (C=O) groups excluding carboxylic acids is 1. The normalized spacial score (nSPS) is 16.0. The van der Waals surface area contributed by atoms with Gasteiger partial charge in [-0.25, -0.2) is 9.37 Å².